The highest BCUT2D eigenvalue weighted by Crippen LogP contribution is 2.64. The third-order valence-electron chi connectivity index (χ3n) is 3.73. The van der Waals surface area contributed by atoms with E-state index in [1.807, 2.05) is 0 Å². The van der Waals surface area contributed by atoms with E-state index in [1.165, 1.54) is 4.90 Å². The molecule has 0 unspecified atom stereocenters. The van der Waals surface area contributed by atoms with E-state index in [2.05, 4.69) is 5.32 Å². The van der Waals surface area contributed by atoms with Crippen LogP contribution in [0.25, 0.3) is 0 Å². The van der Waals surface area contributed by atoms with Gasteiger partial charge in [0.2, 0.25) is 5.91 Å². The molecule has 22 heavy (non-hydrogen) atoms. The van der Waals surface area contributed by atoms with E-state index >= 15 is 0 Å². The van der Waals surface area contributed by atoms with Crippen LogP contribution in [0.2, 0.25) is 0 Å². The molecular formula is C15H18Cl2N2O3. The van der Waals surface area contributed by atoms with Gasteiger partial charge in [-0.25, -0.2) is 0 Å². The molecular weight excluding hydrogens is 327 g/mol. The number of nitrogens with zero attached hydrogens (tertiary/aromatic N) is 1. The molecule has 0 spiro atoms. The number of carbonyl (C=O) groups is 2. The van der Waals surface area contributed by atoms with Gasteiger partial charge in [0.15, 0.2) is 6.61 Å². The van der Waals surface area contributed by atoms with E-state index < -0.39 is 9.75 Å². The summed E-state index contributed by atoms with van der Waals surface area (Å²) in [7, 11) is 3.33. The third kappa shape index (κ3) is 3.47. The van der Waals surface area contributed by atoms with E-state index in [0.29, 0.717) is 17.9 Å². The van der Waals surface area contributed by atoms with Crippen molar-refractivity contribution in [3.8, 4) is 5.75 Å². The molecule has 5 nitrogen and oxygen atoms in total. The van der Waals surface area contributed by atoms with E-state index in [1.54, 1.807) is 45.3 Å². The number of halogens is 2. The number of rotatable bonds is 5. The third-order valence-corrected chi connectivity index (χ3v) is 4.83. The fourth-order valence-electron chi connectivity index (χ4n) is 1.82. The van der Waals surface area contributed by atoms with Gasteiger partial charge in [0.1, 0.15) is 10.1 Å². The molecule has 1 saturated carbocycles. The molecule has 0 heterocycles. The molecule has 1 aliphatic rings. The lowest BCUT2D eigenvalue weighted by Gasteiger charge is -2.14. The number of amides is 2. The second-order valence-electron chi connectivity index (χ2n) is 5.77. The summed E-state index contributed by atoms with van der Waals surface area (Å²) in [6.45, 7) is 1.70. The number of alkyl halides is 2. The van der Waals surface area contributed by atoms with Crippen molar-refractivity contribution in [2.45, 2.75) is 17.7 Å². The fraction of sp³-hybridized carbons (Fsp3) is 0.467. The summed E-state index contributed by atoms with van der Waals surface area (Å²) in [5.74, 6) is 0.212. The van der Waals surface area contributed by atoms with E-state index in [-0.39, 0.29) is 18.4 Å². The van der Waals surface area contributed by atoms with Gasteiger partial charge in [-0.2, -0.15) is 0 Å². The van der Waals surface area contributed by atoms with Crippen molar-refractivity contribution < 1.29 is 14.3 Å². The summed E-state index contributed by atoms with van der Waals surface area (Å²) < 4.78 is 4.36. The van der Waals surface area contributed by atoms with Crippen molar-refractivity contribution in [3.63, 3.8) is 0 Å². The largest absolute Gasteiger partial charge is 0.484 e. The molecule has 2 rings (SSSR count). The van der Waals surface area contributed by atoms with E-state index in [9.17, 15) is 9.59 Å². The van der Waals surface area contributed by atoms with Crippen molar-refractivity contribution in [1.82, 2.24) is 4.90 Å². The normalized spacial score (nSPS) is 21.9. The summed E-state index contributed by atoms with van der Waals surface area (Å²) in [5.41, 5.74) is -0.141. The van der Waals surface area contributed by atoms with Crippen LogP contribution >= 0.6 is 23.2 Å². The molecule has 7 heteroatoms. The number of nitrogens with one attached hydrogen (secondary N) is 1. The highest BCUT2D eigenvalue weighted by atomic mass is 35.5. The van der Waals surface area contributed by atoms with Crippen molar-refractivity contribution in [1.29, 1.82) is 0 Å². The van der Waals surface area contributed by atoms with Crippen molar-refractivity contribution in [2.75, 3.05) is 26.0 Å². The van der Waals surface area contributed by atoms with Crippen molar-refractivity contribution in [2.24, 2.45) is 5.41 Å². The summed E-state index contributed by atoms with van der Waals surface area (Å²) in [5, 5.41) is 2.77. The molecule has 1 N–H and O–H groups in total. The molecule has 0 radical (unpaired) electrons. The molecule has 1 aromatic rings. The number of carbonyl (C=O) groups excluding carboxylic acids is 2. The monoisotopic (exact) mass is 344 g/mol. The molecule has 0 aromatic heterocycles. The molecule has 120 valence electrons. The van der Waals surface area contributed by atoms with Crippen LogP contribution in [0.5, 0.6) is 5.75 Å². The summed E-state index contributed by atoms with van der Waals surface area (Å²) in [6.07, 6.45) is 0.433. The lowest BCUT2D eigenvalue weighted by Crippen LogP contribution is -2.27. The minimum Gasteiger partial charge on any atom is -0.484 e. The molecule has 1 atom stereocenters. The molecule has 0 aliphatic heterocycles. The number of likely N-dealkylation sites (N-methyl/N-ethyl adjacent to an activating group) is 1. The highest BCUT2D eigenvalue weighted by Gasteiger charge is 2.67. The van der Waals surface area contributed by atoms with Crippen LogP contribution in [0.3, 0.4) is 0 Å². The minimum absolute atomic E-state index is 0.0300. The summed E-state index contributed by atoms with van der Waals surface area (Å²) >= 11 is 12.0. The molecule has 1 aromatic carbocycles. The summed E-state index contributed by atoms with van der Waals surface area (Å²) in [4.78, 5) is 25.0. The van der Waals surface area contributed by atoms with Crippen molar-refractivity contribution >= 4 is 40.7 Å². The average molecular weight is 345 g/mol. The Morgan fingerprint density at radius 2 is 1.82 bits per heavy atom. The van der Waals surface area contributed by atoms with Crippen LogP contribution in [0.15, 0.2) is 24.3 Å². The molecule has 1 aliphatic carbocycles. The smallest absolute Gasteiger partial charge is 0.259 e. The Labute approximate surface area is 139 Å². The number of benzene rings is 1. The SMILES string of the molecule is CN(C)C(=O)COc1ccc(NC(=O)[C@@]2(C)CC2(Cl)Cl)cc1. The number of hydrogen-bond acceptors (Lipinski definition) is 3. The van der Waals surface area contributed by atoms with Crippen LogP contribution in [-0.4, -0.2) is 41.7 Å². The molecule has 0 saturated heterocycles. The Kier molecular flexibility index (Phi) is 4.59. The lowest BCUT2D eigenvalue weighted by molar-refractivity contribution is -0.130. The van der Waals surface area contributed by atoms with Gasteiger partial charge in [-0.05, 0) is 37.6 Å². The zero-order valence-corrected chi connectivity index (χ0v) is 14.2. The number of anilines is 1. The van der Waals surface area contributed by atoms with Crippen molar-refractivity contribution in [3.05, 3.63) is 24.3 Å². The second kappa shape index (κ2) is 5.97. The maximum atomic E-state index is 12.1. The van der Waals surface area contributed by atoms with Crippen LogP contribution in [0, 0.1) is 5.41 Å². The second-order valence-corrected chi connectivity index (χ2v) is 7.25. The van der Waals surface area contributed by atoms with Crippen LogP contribution in [-0.2, 0) is 9.59 Å². The first-order valence-electron chi connectivity index (χ1n) is 6.78. The van der Waals surface area contributed by atoms with Gasteiger partial charge >= 0.3 is 0 Å². The van der Waals surface area contributed by atoms with E-state index in [0.717, 1.165) is 0 Å². The first-order chi connectivity index (χ1) is 10.2. The van der Waals surface area contributed by atoms with E-state index in [4.69, 9.17) is 27.9 Å². The lowest BCUT2D eigenvalue weighted by atomic mass is 10.1. The van der Waals surface area contributed by atoms with Crippen LogP contribution in [0.4, 0.5) is 5.69 Å². The average Bonchev–Trinajstić information content (AvgIpc) is 2.97. The molecule has 0 bridgehead atoms. The minimum atomic E-state index is -0.993. The Morgan fingerprint density at radius 1 is 1.27 bits per heavy atom. The van der Waals surface area contributed by atoms with Crippen LogP contribution < -0.4 is 10.1 Å². The highest BCUT2D eigenvalue weighted by molar-refractivity contribution is 6.53. The van der Waals surface area contributed by atoms with Gasteiger partial charge in [-0.15, -0.1) is 23.2 Å². The quantitative estimate of drug-likeness (QED) is 0.835. The number of ether oxygens (including phenoxy) is 1. The fourth-order valence-corrected chi connectivity index (χ4v) is 2.53. The molecule has 1 fully saturated rings. The van der Waals surface area contributed by atoms with Gasteiger partial charge in [0.25, 0.3) is 5.91 Å². The van der Waals surface area contributed by atoms with Crippen LogP contribution in [0.1, 0.15) is 13.3 Å². The zero-order chi connectivity index (χ0) is 16.5. The topological polar surface area (TPSA) is 58.6 Å². The maximum absolute atomic E-state index is 12.1. The van der Waals surface area contributed by atoms with Gasteiger partial charge < -0.3 is 15.0 Å². The number of hydrogen-bond donors (Lipinski definition) is 1. The predicted molar refractivity (Wildman–Crippen MR) is 86.4 cm³/mol. The first-order valence-corrected chi connectivity index (χ1v) is 7.54. The predicted octanol–water partition coefficient (Wildman–Crippen LogP) is 2.68. The first kappa shape index (κ1) is 16.9. The Hall–Kier alpha value is -1.46. The van der Waals surface area contributed by atoms with Gasteiger partial charge in [-0.1, -0.05) is 0 Å². The Bertz CT molecular complexity index is 587. The van der Waals surface area contributed by atoms with Gasteiger partial charge in [-0.3, -0.25) is 9.59 Å². The van der Waals surface area contributed by atoms with Gasteiger partial charge in [0, 0.05) is 19.8 Å². The Morgan fingerprint density at radius 3 is 2.27 bits per heavy atom. The Balaban J connectivity index is 1.90. The summed E-state index contributed by atoms with van der Waals surface area (Å²) in [6, 6.07) is 6.76. The maximum Gasteiger partial charge on any atom is 0.259 e. The molecule has 2 amide bonds. The van der Waals surface area contributed by atoms with Gasteiger partial charge in [0.05, 0.1) is 5.41 Å². The zero-order valence-electron chi connectivity index (χ0n) is 12.7. The standard InChI is InChI=1S/C15H18Cl2N2O3/c1-14(9-15(14,16)17)13(21)18-10-4-6-11(7-5-10)22-8-12(20)19(2)3/h4-7H,8-9H2,1-3H3,(H,18,21)/t14-/m1/s1.